The second kappa shape index (κ2) is 6.61. The summed E-state index contributed by atoms with van der Waals surface area (Å²) in [6, 6.07) is 22.8. The molecule has 0 saturated carbocycles. The van der Waals surface area contributed by atoms with Gasteiger partial charge in [-0.1, -0.05) is 35.9 Å². The smallest absolute Gasteiger partial charge is 0.261 e. The van der Waals surface area contributed by atoms with Crippen molar-refractivity contribution in [2.24, 2.45) is 0 Å². The minimum absolute atomic E-state index is 0.241. The Hall–Kier alpha value is -3.37. The fourth-order valence-electron chi connectivity index (χ4n) is 3.98. The standard InChI is InChI=1S/C24H17ClN2O2/c1-15-12-17-7-6-16(13-22(17)27(15)19-10-8-18(25)9-11-19)14-26-23(28)20-4-2-3-5-21(20)24(26)29/h2-13H,14H2,1H3. The lowest BCUT2D eigenvalue weighted by atomic mass is 10.1. The molecule has 0 saturated heterocycles. The van der Waals surface area contributed by atoms with Gasteiger partial charge in [0.05, 0.1) is 23.2 Å². The molecule has 5 heteroatoms. The van der Waals surface area contributed by atoms with Gasteiger partial charge in [-0.25, -0.2) is 0 Å². The normalized spacial score (nSPS) is 13.4. The second-order valence-electron chi connectivity index (χ2n) is 7.23. The summed E-state index contributed by atoms with van der Waals surface area (Å²) in [5.41, 5.74) is 4.98. The molecule has 2 heterocycles. The quantitative estimate of drug-likeness (QED) is 0.433. The van der Waals surface area contributed by atoms with Gasteiger partial charge in [-0.05, 0) is 61.0 Å². The Morgan fingerprint density at radius 2 is 1.48 bits per heavy atom. The molecule has 0 radical (unpaired) electrons. The van der Waals surface area contributed by atoms with Crippen LogP contribution >= 0.6 is 11.6 Å². The average molecular weight is 401 g/mol. The van der Waals surface area contributed by atoms with Crippen LogP contribution in [0.3, 0.4) is 0 Å². The van der Waals surface area contributed by atoms with Crippen LogP contribution in [0.15, 0.2) is 72.8 Å². The van der Waals surface area contributed by atoms with Crippen molar-refractivity contribution >= 4 is 34.3 Å². The fourth-order valence-corrected chi connectivity index (χ4v) is 4.11. The number of benzene rings is 3. The van der Waals surface area contributed by atoms with E-state index in [1.54, 1.807) is 24.3 Å². The summed E-state index contributed by atoms with van der Waals surface area (Å²) in [5.74, 6) is -0.482. The minimum Gasteiger partial charge on any atom is -0.314 e. The lowest BCUT2D eigenvalue weighted by molar-refractivity contribution is 0.0642. The van der Waals surface area contributed by atoms with Gasteiger partial charge in [0.2, 0.25) is 0 Å². The summed E-state index contributed by atoms with van der Waals surface area (Å²) in [5, 5.41) is 1.79. The number of fused-ring (bicyclic) bond motifs is 2. The van der Waals surface area contributed by atoms with Gasteiger partial charge in [-0.2, -0.15) is 0 Å². The molecule has 29 heavy (non-hydrogen) atoms. The molecule has 1 aliphatic rings. The molecule has 4 nitrogen and oxygen atoms in total. The summed E-state index contributed by atoms with van der Waals surface area (Å²) in [4.78, 5) is 26.7. The number of halogens is 1. The van der Waals surface area contributed by atoms with Crippen molar-refractivity contribution in [3.05, 3.63) is 100 Å². The van der Waals surface area contributed by atoms with Gasteiger partial charge in [0.15, 0.2) is 0 Å². The number of aromatic nitrogens is 1. The Balaban J connectivity index is 1.54. The Labute approximate surface area is 172 Å². The SMILES string of the molecule is Cc1cc2ccc(CN3C(=O)c4ccccc4C3=O)cc2n1-c1ccc(Cl)cc1. The van der Waals surface area contributed by atoms with E-state index in [0.717, 1.165) is 27.8 Å². The highest BCUT2D eigenvalue weighted by molar-refractivity contribution is 6.30. The van der Waals surface area contributed by atoms with Crippen LogP contribution in [0.25, 0.3) is 16.6 Å². The molecule has 1 aliphatic heterocycles. The molecule has 5 rings (SSSR count). The van der Waals surface area contributed by atoms with Gasteiger partial charge in [0.25, 0.3) is 11.8 Å². The molecular weight excluding hydrogens is 384 g/mol. The molecule has 0 spiro atoms. The minimum atomic E-state index is -0.241. The van der Waals surface area contributed by atoms with E-state index in [1.807, 2.05) is 42.5 Å². The van der Waals surface area contributed by atoms with Crippen LogP contribution in [-0.2, 0) is 6.54 Å². The first kappa shape index (κ1) is 17.7. The maximum atomic E-state index is 12.7. The van der Waals surface area contributed by atoms with E-state index in [-0.39, 0.29) is 18.4 Å². The number of nitrogens with zero attached hydrogens (tertiary/aromatic N) is 2. The van der Waals surface area contributed by atoms with E-state index in [4.69, 9.17) is 11.6 Å². The van der Waals surface area contributed by atoms with Crippen LogP contribution in [0.5, 0.6) is 0 Å². The Bertz CT molecular complexity index is 1250. The summed E-state index contributed by atoms with van der Waals surface area (Å²) in [7, 11) is 0. The van der Waals surface area contributed by atoms with Crippen molar-refractivity contribution in [3.8, 4) is 5.69 Å². The number of hydrogen-bond donors (Lipinski definition) is 0. The van der Waals surface area contributed by atoms with Gasteiger partial charge in [-0.15, -0.1) is 0 Å². The van der Waals surface area contributed by atoms with Gasteiger partial charge < -0.3 is 4.57 Å². The highest BCUT2D eigenvalue weighted by Crippen LogP contribution is 2.28. The number of amides is 2. The number of imide groups is 1. The number of aryl methyl sites for hydroxylation is 1. The first-order valence-electron chi connectivity index (χ1n) is 9.35. The predicted octanol–water partition coefficient (Wildman–Crippen LogP) is 5.39. The maximum Gasteiger partial charge on any atom is 0.261 e. The molecule has 142 valence electrons. The lowest BCUT2D eigenvalue weighted by Crippen LogP contribution is -2.29. The fraction of sp³-hybridized carbons (Fsp3) is 0.0833. The van der Waals surface area contributed by atoms with Gasteiger partial charge in [0.1, 0.15) is 0 Å². The summed E-state index contributed by atoms with van der Waals surface area (Å²) < 4.78 is 2.15. The number of carbonyl (C=O) groups excluding carboxylic acids is 2. The van der Waals surface area contributed by atoms with E-state index in [9.17, 15) is 9.59 Å². The largest absolute Gasteiger partial charge is 0.314 e. The Morgan fingerprint density at radius 3 is 2.14 bits per heavy atom. The van der Waals surface area contributed by atoms with Crippen molar-refractivity contribution in [2.45, 2.75) is 13.5 Å². The molecule has 2 amide bonds. The van der Waals surface area contributed by atoms with Crippen molar-refractivity contribution in [2.75, 3.05) is 0 Å². The molecule has 0 bridgehead atoms. The van der Waals surface area contributed by atoms with Gasteiger partial charge >= 0.3 is 0 Å². The van der Waals surface area contributed by atoms with Crippen molar-refractivity contribution < 1.29 is 9.59 Å². The average Bonchev–Trinajstić information content (AvgIpc) is 3.18. The molecule has 0 atom stereocenters. The molecule has 4 aromatic rings. The molecule has 0 unspecified atom stereocenters. The number of rotatable bonds is 3. The molecule has 0 aliphatic carbocycles. The third kappa shape index (κ3) is 2.84. The third-order valence-electron chi connectivity index (χ3n) is 5.36. The number of carbonyl (C=O) groups is 2. The van der Waals surface area contributed by atoms with E-state index < -0.39 is 0 Å². The highest BCUT2D eigenvalue weighted by atomic mass is 35.5. The van der Waals surface area contributed by atoms with Crippen LogP contribution in [-0.4, -0.2) is 21.3 Å². The zero-order valence-electron chi connectivity index (χ0n) is 15.7. The molecule has 1 aromatic heterocycles. The molecular formula is C24H17ClN2O2. The zero-order valence-corrected chi connectivity index (χ0v) is 16.5. The first-order valence-corrected chi connectivity index (χ1v) is 9.73. The summed E-state index contributed by atoms with van der Waals surface area (Å²) in [6.45, 7) is 2.30. The van der Waals surface area contributed by atoms with Crippen molar-refractivity contribution in [1.29, 1.82) is 0 Å². The zero-order chi connectivity index (χ0) is 20.1. The highest BCUT2D eigenvalue weighted by Gasteiger charge is 2.35. The van der Waals surface area contributed by atoms with Crippen LogP contribution in [0, 0.1) is 6.92 Å². The summed E-state index contributed by atoms with van der Waals surface area (Å²) in [6.07, 6.45) is 0. The van der Waals surface area contributed by atoms with Crippen LogP contribution in [0.2, 0.25) is 5.02 Å². The van der Waals surface area contributed by atoms with Gasteiger partial charge in [-0.3, -0.25) is 14.5 Å². The van der Waals surface area contributed by atoms with E-state index in [2.05, 4.69) is 17.6 Å². The Morgan fingerprint density at radius 1 is 0.828 bits per heavy atom. The molecule has 0 N–H and O–H groups in total. The number of hydrogen-bond acceptors (Lipinski definition) is 2. The molecule has 0 fully saturated rings. The lowest BCUT2D eigenvalue weighted by Gasteiger charge is -2.15. The van der Waals surface area contributed by atoms with Gasteiger partial charge in [0, 0.05) is 21.8 Å². The third-order valence-corrected chi connectivity index (χ3v) is 5.61. The van der Waals surface area contributed by atoms with Crippen LogP contribution in [0.4, 0.5) is 0 Å². The van der Waals surface area contributed by atoms with Crippen LogP contribution in [0.1, 0.15) is 32.0 Å². The van der Waals surface area contributed by atoms with E-state index in [0.29, 0.717) is 16.1 Å². The topological polar surface area (TPSA) is 42.3 Å². The van der Waals surface area contributed by atoms with Crippen LogP contribution < -0.4 is 0 Å². The first-order chi connectivity index (χ1) is 14.0. The van der Waals surface area contributed by atoms with E-state index in [1.165, 1.54) is 4.90 Å². The Kier molecular flexibility index (Phi) is 4.03. The monoisotopic (exact) mass is 400 g/mol. The maximum absolute atomic E-state index is 12.7. The van der Waals surface area contributed by atoms with Crippen molar-refractivity contribution in [3.63, 3.8) is 0 Å². The van der Waals surface area contributed by atoms with Crippen molar-refractivity contribution in [1.82, 2.24) is 9.47 Å². The van der Waals surface area contributed by atoms with E-state index >= 15 is 0 Å². The second-order valence-corrected chi connectivity index (χ2v) is 7.67. The predicted molar refractivity (Wildman–Crippen MR) is 114 cm³/mol. The molecule has 3 aromatic carbocycles. The summed E-state index contributed by atoms with van der Waals surface area (Å²) >= 11 is 6.04.